The second-order valence-corrected chi connectivity index (χ2v) is 5.90. The van der Waals surface area contributed by atoms with Gasteiger partial charge in [0, 0.05) is 5.69 Å². The lowest BCUT2D eigenvalue weighted by atomic mass is 10.1. The van der Waals surface area contributed by atoms with Gasteiger partial charge in [-0.25, -0.2) is 4.39 Å². The Morgan fingerprint density at radius 3 is 2.56 bits per heavy atom. The van der Waals surface area contributed by atoms with Crippen molar-refractivity contribution < 1.29 is 18.7 Å². The van der Waals surface area contributed by atoms with Crippen molar-refractivity contribution in [2.24, 2.45) is 0 Å². The Bertz CT molecular complexity index is 775. The predicted octanol–water partition coefficient (Wildman–Crippen LogP) is 2.45. The lowest BCUT2D eigenvalue weighted by Gasteiger charge is -2.09. The smallest absolute Gasteiger partial charge is 0.258 e. The molecule has 0 atom stereocenters. The first kappa shape index (κ1) is 17.0. The number of amides is 2. The zero-order valence-corrected chi connectivity index (χ0v) is 13.7. The highest BCUT2D eigenvalue weighted by Crippen LogP contribution is 2.25. The molecule has 25 heavy (non-hydrogen) atoms. The normalized spacial score (nSPS) is 12.4. The first-order valence-corrected chi connectivity index (χ1v) is 8.17. The summed E-state index contributed by atoms with van der Waals surface area (Å²) in [6.07, 6.45) is 3.30. The van der Waals surface area contributed by atoms with Gasteiger partial charge in [-0.05, 0) is 66.8 Å². The molecule has 1 aliphatic carbocycles. The number of benzene rings is 2. The van der Waals surface area contributed by atoms with Gasteiger partial charge in [-0.1, -0.05) is 6.07 Å². The molecular weight excluding hydrogens is 323 g/mol. The third-order valence-corrected chi connectivity index (χ3v) is 4.01. The number of carbonyl (C=O) groups is 2. The van der Waals surface area contributed by atoms with Gasteiger partial charge in [-0.2, -0.15) is 0 Å². The van der Waals surface area contributed by atoms with Crippen LogP contribution in [0.3, 0.4) is 0 Å². The Balaban J connectivity index is 1.40. The molecule has 0 aliphatic heterocycles. The van der Waals surface area contributed by atoms with Crippen LogP contribution >= 0.6 is 0 Å². The quantitative estimate of drug-likeness (QED) is 0.847. The molecule has 130 valence electrons. The van der Waals surface area contributed by atoms with Gasteiger partial charge < -0.3 is 15.4 Å². The molecule has 0 spiro atoms. The summed E-state index contributed by atoms with van der Waals surface area (Å²) in [5, 5.41) is 5.05. The number of carbonyl (C=O) groups excluding carboxylic acids is 2. The van der Waals surface area contributed by atoms with Crippen molar-refractivity contribution >= 4 is 17.5 Å². The van der Waals surface area contributed by atoms with E-state index >= 15 is 0 Å². The highest BCUT2D eigenvalue weighted by atomic mass is 19.1. The zero-order chi connectivity index (χ0) is 17.6. The van der Waals surface area contributed by atoms with Crippen LogP contribution in [-0.4, -0.2) is 25.0 Å². The third-order valence-electron chi connectivity index (χ3n) is 4.01. The predicted molar refractivity (Wildman–Crippen MR) is 92.0 cm³/mol. The van der Waals surface area contributed by atoms with Gasteiger partial charge >= 0.3 is 0 Å². The molecule has 5 nitrogen and oxygen atoms in total. The Morgan fingerprint density at radius 2 is 1.76 bits per heavy atom. The van der Waals surface area contributed by atoms with Crippen molar-refractivity contribution in [1.82, 2.24) is 5.32 Å². The molecule has 0 saturated heterocycles. The van der Waals surface area contributed by atoms with Crippen LogP contribution in [0.1, 0.15) is 17.5 Å². The Kier molecular flexibility index (Phi) is 5.28. The van der Waals surface area contributed by atoms with Gasteiger partial charge in [0.1, 0.15) is 11.6 Å². The third kappa shape index (κ3) is 4.79. The molecule has 1 aliphatic rings. The maximum atomic E-state index is 12.8. The summed E-state index contributed by atoms with van der Waals surface area (Å²) in [4.78, 5) is 23.5. The van der Waals surface area contributed by atoms with Gasteiger partial charge in [-0.15, -0.1) is 0 Å². The van der Waals surface area contributed by atoms with Crippen LogP contribution in [0, 0.1) is 5.82 Å². The van der Waals surface area contributed by atoms with Gasteiger partial charge in [0.15, 0.2) is 6.61 Å². The average molecular weight is 342 g/mol. The fourth-order valence-electron chi connectivity index (χ4n) is 2.76. The number of rotatable bonds is 6. The number of hydrogen-bond donors (Lipinski definition) is 2. The first-order valence-electron chi connectivity index (χ1n) is 8.17. The summed E-state index contributed by atoms with van der Waals surface area (Å²) in [6, 6.07) is 11.3. The molecule has 0 radical (unpaired) electrons. The first-order chi connectivity index (χ1) is 12.1. The maximum Gasteiger partial charge on any atom is 0.258 e. The van der Waals surface area contributed by atoms with Crippen LogP contribution in [-0.2, 0) is 22.4 Å². The van der Waals surface area contributed by atoms with Gasteiger partial charge in [0.05, 0.1) is 6.54 Å². The monoisotopic (exact) mass is 342 g/mol. The number of ether oxygens (including phenoxy) is 1. The second-order valence-electron chi connectivity index (χ2n) is 5.90. The molecule has 0 saturated carbocycles. The minimum absolute atomic E-state index is 0.150. The van der Waals surface area contributed by atoms with E-state index in [1.165, 1.54) is 35.4 Å². The van der Waals surface area contributed by atoms with Crippen molar-refractivity contribution in [1.29, 1.82) is 0 Å². The van der Waals surface area contributed by atoms with Crippen molar-refractivity contribution in [2.75, 3.05) is 18.5 Å². The Hall–Kier alpha value is -2.89. The number of aryl methyl sites for hydroxylation is 2. The number of halogens is 1. The van der Waals surface area contributed by atoms with Crippen molar-refractivity contribution in [3.05, 3.63) is 59.4 Å². The highest BCUT2D eigenvalue weighted by molar-refractivity contribution is 5.94. The number of nitrogens with one attached hydrogen (secondary N) is 2. The van der Waals surface area contributed by atoms with Crippen LogP contribution in [0.2, 0.25) is 0 Å². The van der Waals surface area contributed by atoms with E-state index in [1.54, 1.807) is 0 Å². The van der Waals surface area contributed by atoms with Crippen LogP contribution < -0.4 is 15.4 Å². The summed E-state index contributed by atoms with van der Waals surface area (Å²) >= 11 is 0. The topological polar surface area (TPSA) is 67.4 Å². The largest absolute Gasteiger partial charge is 0.484 e. The molecule has 0 aromatic heterocycles. The van der Waals surface area contributed by atoms with E-state index in [9.17, 15) is 14.0 Å². The number of hydrogen-bond acceptors (Lipinski definition) is 3. The molecule has 2 amide bonds. The van der Waals surface area contributed by atoms with Crippen molar-refractivity contribution in [3.63, 3.8) is 0 Å². The number of anilines is 1. The second kappa shape index (κ2) is 7.79. The SMILES string of the molecule is O=C(COc1ccc2c(c1)CCC2)NCC(=O)Nc1ccc(F)cc1. The zero-order valence-electron chi connectivity index (χ0n) is 13.7. The van der Waals surface area contributed by atoms with E-state index in [-0.39, 0.29) is 24.9 Å². The molecule has 0 fully saturated rings. The summed E-state index contributed by atoms with van der Waals surface area (Å²) in [7, 11) is 0. The molecule has 2 aromatic carbocycles. The number of fused-ring (bicyclic) bond motifs is 1. The average Bonchev–Trinajstić information content (AvgIpc) is 3.08. The Labute approximate surface area is 145 Å². The lowest BCUT2D eigenvalue weighted by Crippen LogP contribution is -2.35. The minimum atomic E-state index is -0.391. The molecule has 3 rings (SSSR count). The van der Waals surface area contributed by atoms with Gasteiger partial charge in [0.25, 0.3) is 5.91 Å². The van der Waals surface area contributed by atoms with Crippen LogP contribution in [0.5, 0.6) is 5.75 Å². The van der Waals surface area contributed by atoms with E-state index in [0.717, 1.165) is 19.3 Å². The molecular formula is C19H19FN2O3. The fraction of sp³-hybridized carbons (Fsp3) is 0.263. The summed E-state index contributed by atoms with van der Waals surface area (Å²) in [5.74, 6) is -0.492. The van der Waals surface area contributed by atoms with Crippen LogP contribution in [0.25, 0.3) is 0 Å². The molecule has 2 aromatic rings. The van der Waals surface area contributed by atoms with E-state index < -0.39 is 5.91 Å². The van der Waals surface area contributed by atoms with Crippen molar-refractivity contribution in [3.8, 4) is 5.75 Å². The van der Waals surface area contributed by atoms with E-state index in [1.807, 2.05) is 18.2 Å². The standard InChI is InChI=1S/C19H19FN2O3/c20-15-5-7-16(8-6-15)22-18(23)11-21-19(24)12-25-17-9-4-13-2-1-3-14(13)10-17/h4-10H,1-3,11-12H2,(H,21,24)(H,22,23). The molecule has 0 bridgehead atoms. The molecule has 6 heteroatoms. The van der Waals surface area contributed by atoms with E-state index in [4.69, 9.17) is 4.74 Å². The summed E-state index contributed by atoms with van der Waals surface area (Å²) < 4.78 is 18.3. The fourth-order valence-corrected chi connectivity index (χ4v) is 2.76. The highest BCUT2D eigenvalue weighted by Gasteiger charge is 2.12. The van der Waals surface area contributed by atoms with Crippen LogP contribution in [0.15, 0.2) is 42.5 Å². The maximum absolute atomic E-state index is 12.8. The molecule has 2 N–H and O–H groups in total. The lowest BCUT2D eigenvalue weighted by molar-refractivity contribution is -0.125. The minimum Gasteiger partial charge on any atom is -0.484 e. The molecule has 0 unspecified atom stereocenters. The van der Waals surface area contributed by atoms with E-state index in [0.29, 0.717) is 11.4 Å². The summed E-state index contributed by atoms with van der Waals surface area (Å²) in [6.45, 7) is -0.327. The van der Waals surface area contributed by atoms with Crippen molar-refractivity contribution in [2.45, 2.75) is 19.3 Å². The van der Waals surface area contributed by atoms with Gasteiger partial charge in [0.2, 0.25) is 5.91 Å². The van der Waals surface area contributed by atoms with E-state index in [2.05, 4.69) is 10.6 Å². The summed E-state index contributed by atoms with van der Waals surface area (Å²) in [5.41, 5.74) is 3.08. The van der Waals surface area contributed by atoms with Gasteiger partial charge in [-0.3, -0.25) is 9.59 Å². The van der Waals surface area contributed by atoms with Crippen LogP contribution in [0.4, 0.5) is 10.1 Å². The Morgan fingerprint density at radius 1 is 1.00 bits per heavy atom. The molecule has 0 heterocycles.